The summed E-state index contributed by atoms with van der Waals surface area (Å²) in [4.78, 5) is 2.19. The minimum Gasteiger partial charge on any atom is -0.294 e. The Morgan fingerprint density at radius 1 is 1.42 bits per heavy atom. The van der Waals surface area contributed by atoms with Crippen LogP contribution in [0.15, 0.2) is 0 Å². The minimum absolute atomic E-state index is 0.108. The smallest absolute Gasteiger partial charge is 0.0970 e. The van der Waals surface area contributed by atoms with E-state index in [2.05, 4.69) is 44.6 Å². The van der Waals surface area contributed by atoms with Crippen molar-refractivity contribution in [2.24, 2.45) is 0 Å². The molecule has 0 fully saturated rings. The second kappa shape index (κ2) is 4.63. The molecule has 12 heavy (non-hydrogen) atoms. The van der Waals surface area contributed by atoms with Crippen molar-refractivity contribution in [3.05, 3.63) is 0 Å². The summed E-state index contributed by atoms with van der Waals surface area (Å²) in [5.41, 5.74) is 0. The van der Waals surface area contributed by atoms with E-state index in [9.17, 15) is 0 Å². The Kier molecular flexibility index (Phi) is 4.51. The van der Waals surface area contributed by atoms with E-state index >= 15 is 0 Å². The summed E-state index contributed by atoms with van der Waals surface area (Å²) >= 11 is 0. The van der Waals surface area contributed by atoms with E-state index < -0.39 is 8.07 Å². The van der Waals surface area contributed by atoms with Gasteiger partial charge < -0.3 is 0 Å². The summed E-state index contributed by atoms with van der Waals surface area (Å²) in [5.74, 6) is 0. The molecule has 0 aliphatic heterocycles. The van der Waals surface area contributed by atoms with Gasteiger partial charge in [-0.25, -0.2) is 0 Å². The topological polar surface area (TPSA) is 27.0 Å². The van der Waals surface area contributed by atoms with Gasteiger partial charge in [0.25, 0.3) is 0 Å². The minimum atomic E-state index is -1.04. The van der Waals surface area contributed by atoms with Crippen LogP contribution in [-0.4, -0.2) is 32.2 Å². The van der Waals surface area contributed by atoms with Crippen molar-refractivity contribution in [2.45, 2.75) is 39.0 Å². The van der Waals surface area contributed by atoms with Crippen molar-refractivity contribution in [3.63, 3.8) is 0 Å². The normalized spacial score (nSPS) is 14.4. The van der Waals surface area contributed by atoms with Gasteiger partial charge in [0, 0.05) is 0 Å². The van der Waals surface area contributed by atoms with Crippen LogP contribution in [0.3, 0.4) is 0 Å². The number of hydrogen-bond donors (Lipinski definition) is 0. The molecule has 2 nitrogen and oxygen atoms in total. The Morgan fingerprint density at radius 3 is 2.17 bits per heavy atom. The third-order valence-electron chi connectivity index (χ3n) is 1.79. The lowest BCUT2D eigenvalue weighted by Crippen LogP contribution is -2.42. The first kappa shape index (κ1) is 11.7. The molecule has 0 N–H and O–H groups in total. The van der Waals surface area contributed by atoms with Crippen molar-refractivity contribution in [3.8, 4) is 6.07 Å². The van der Waals surface area contributed by atoms with E-state index in [0.29, 0.717) is 0 Å². The molecule has 0 rings (SSSR count). The second-order valence-corrected chi connectivity index (χ2v) is 9.97. The summed E-state index contributed by atoms with van der Waals surface area (Å²) < 4.78 is 0. The lowest BCUT2D eigenvalue weighted by Gasteiger charge is -2.27. The summed E-state index contributed by atoms with van der Waals surface area (Å²) in [5, 5.41) is 8.82. The lowest BCUT2D eigenvalue weighted by molar-refractivity contribution is 0.320. The van der Waals surface area contributed by atoms with Gasteiger partial charge in [-0.05, 0) is 19.6 Å². The fourth-order valence-corrected chi connectivity index (χ4v) is 3.08. The van der Waals surface area contributed by atoms with Crippen LogP contribution in [0.1, 0.15) is 13.3 Å². The number of hydrogen-bond acceptors (Lipinski definition) is 2. The first-order valence-electron chi connectivity index (χ1n) is 4.50. The molecular formula is C9H20N2Si. The third kappa shape index (κ3) is 4.53. The Morgan fingerprint density at radius 2 is 1.92 bits per heavy atom. The predicted molar refractivity (Wildman–Crippen MR) is 55.7 cm³/mol. The number of nitrogens with zero attached hydrogens (tertiary/aromatic N) is 2. The van der Waals surface area contributed by atoms with Crippen LogP contribution in [0, 0.1) is 11.3 Å². The Bertz CT molecular complexity index is 166. The molecule has 1 unspecified atom stereocenters. The molecule has 0 spiro atoms. The highest BCUT2D eigenvalue weighted by Crippen LogP contribution is 2.07. The van der Waals surface area contributed by atoms with Crippen LogP contribution >= 0.6 is 0 Å². The fraction of sp³-hybridized carbons (Fsp3) is 0.889. The van der Waals surface area contributed by atoms with Gasteiger partial charge in [-0.1, -0.05) is 26.6 Å². The summed E-state index contributed by atoms with van der Waals surface area (Å²) in [6, 6.07) is 2.43. The maximum Gasteiger partial charge on any atom is 0.0970 e. The van der Waals surface area contributed by atoms with Gasteiger partial charge in [0.2, 0.25) is 0 Å². The molecule has 0 radical (unpaired) electrons. The quantitative estimate of drug-likeness (QED) is 0.626. The molecule has 70 valence electrons. The molecule has 0 aliphatic carbocycles. The maximum atomic E-state index is 8.82. The van der Waals surface area contributed by atoms with E-state index in [0.717, 1.165) is 12.6 Å². The molecule has 0 aromatic heterocycles. The molecule has 3 heteroatoms. The Hall–Kier alpha value is -0.333. The molecule has 0 saturated carbocycles. The van der Waals surface area contributed by atoms with Crippen LogP contribution in [0.5, 0.6) is 0 Å². The zero-order chi connectivity index (χ0) is 9.78. The largest absolute Gasteiger partial charge is 0.294 e. The molecule has 0 saturated heterocycles. The van der Waals surface area contributed by atoms with Crippen LogP contribution in [-0.2, 0) is 0 Å². The molecule has 0 aromatic carbocycles. The highest BCUT2D eigenvalue weighted by molar-refractivity contribution is 6.76. The number of nitriles is 1. The van der Waals surface area contributed by atoms with Crippen molar-refractivity contribution in [1.29, 1.82) is 5.26 Å². The first-order chi connectivity index (χ1) is 5.40. The van der Waals surface area contributed by atoms with Gasteiger partial charge >= 0.3 is 0 Å². The van der Waals surface area contributed by atoms with E-state index in [1.807, 2.05) is 0 Å². The van der Waals surface area contributed by atoms with Gasteiger partial charge in [-0.2, -0.15) is 5.26 Å². The zero-order valence-corrected chi connectivity index (χ0v) is 9.89. The molecule has 0 aliphatic rings. The predicted octanol–water partition coefficient (Wildman–Crippen LogP) is 2.10. The van der Waals surface area contributed by atoms with Crippen LogP contribution < -0.4 is 0 Å². The van der Waals surface area contributed by atoms with E-state index in [1.165, 1.54) is 0 Å². The maximum absolute atomic E-state index is 8.82. The summed E-state index contributed by atoms with van der Waals surface area (Å²) in [6.07, 6.45) is 2.04. The Labute approximate surface area is 77.2 Å². The molecule has 1 atom stereocenters. The van der Waals surface area contributed by atoms with E-state index in [1.54, 1.807) is 0 Å². The van der Waals surface area contributed by atoms with Gasteiger partial charge in [0.15, 0.2) is 0 Å². The SMILES string of the molecule is CCC(C#N)N(C)C[Si](C)(C)C. The Balaban J connectivity index is 4.04. The van der Waals surface area contributed by atoms with Crippen LogP contribution in [0.25, 0.3) is 0 Å². The van der Waals surface area contributed by atoms with Crippen molar-refractivity contribution in [1.82, 2.24) is 4.90 Å². The second-order valence-electron chi connectivity index (χ2n) is 4.53. The molecular weight excluding hydrogens is 164 g/mol. The van der Waals surface area contributed by atoms with E-state index in [-0.39, 0.29) is 6.04 Å². The highest BCUT2D eigenvalue weighted by atomic mass is 28.3. The van der Waals surface area contributed by atoms with E-state index in [4.69, 9.17) is 5.26 Å². The van der Waals surface area contributed by atoms with Crippen LogP contribution in [0.4, 0.5) is 0 Å². The van der Waals surface area contributed by atoms with Gasteiger partial charge in [-0.15, -0.1) is 0 Å². The van der Waals surface area contributed by atoms with Gasteiger partial charge in [-0.3, -0.25) is 4.90 Å². The molecule has 0 aromatic rings. The number of rotatable bonds is 4. The van der Waals surface area contributed by atoms with Gasteiger partial charge in [0.1, 0.15) is 0 Å². The van der Waals surface area contributed by atoms with Crippen molar-refractivity contribution < 1.29 is 0 Å². The highest BCUT2D eigenvalue weighted by Gasteiger charge is 2.20. The van der Waals surface area contributed by atoms with Crippen molar-refractivity contribution >= 4 is 8.07 Å². The zero-order valence-electron chi connectivity index (χ0n) is 8.89. The standard InChI is InChI=1S/C9H20N2Si/c1-6-9(7-10)11(2)8-12(3,4)5/h9H,6,8H2,1-5H3. The molecule has 0 amide bonds. The lowest BCUT2D eigenvalue weighted by atomic mass is 10.2. The first-order valence-corrected chi connectivity index (χ1v) is 8.21. The third-order valence-corrected chi connectivity index (χ3v) is 3.24. The van der Waals surface area contributed by atoms with Gasteiger partial charge in [0.05, 0.1) is 20.2 Å². The monoisotopic (exact) mass is 184 g/mol. The summed E-state index contributed by atoms with van der Waals surface area (Å²) in [6.45, 7) is 9.05. The average Bonchev–Trinajstić information content (AvgIpc) is 1.85. The molecule has 0 heterocycles. The molecule has 0 bridgehead atoms. The van der Waals surface area contributed by atoms with Crippen molar-refractivity contribution in [2.75, 3.05) is 13.2 Å². The summed E-state index contributed by atoms with van der Waals surface area (Å²) in [7, 11) is 1.01. The van der Waals surface area contributed by atoms with Crippen LogP contribution in [0.2, 0.25) is 19.6 Å². The fourth-order valence-electron chi connectivity index (χ4n) is 1.36. The average molecular weight is 184 g/mol.